The van der Waals surface area contributed by atoms with E-state index in [2.05, 4.69) is 10.3 Å². The monoisotopic (exact) mass is 912 g/mol. The molecule has 0 aliphatic carbocycles. The maximum atomic E-state index is 14.0. The first-order valence-electron chi connectivity index (χ1n) is 22.3. The third-order valence-electron chi connectivity index (χ3n) is 12.5. The number of alkyl halides is 1. The number of halogens is 1. The summed E-state index contributed by atoms with van der Waals surface area (Å²) in [5.41, 5.74) is 0.711. The molecule has 0 amide bonds. The van der Waals surface area contributed by atoms with E-state index in [9.17, 15) is 30.0 Å². The normalized spacial score (nSPS) is 38.8. The molecule has 0 aromatic rings. The van der Waals surface area contributed by atoms with Crippen LogP contribution in [0.15, 0.2) is 58.1 Å². The Morgan fingerprint density at radius 3 is 2.33 bits per heavy atom. The van der Waals surface area contributed by atoms with Crippen LogP contribution in [0.25, 0.3) is 0 Å². The Kier molecular flexibility index (Phi) is 20.8. The zero-order chi connectivity index (χ0) is 46.5. The highest BCUT2D eigenvalue weighted by atomic mass is 35.5. The van der Waals surface area contributed by atoms with Crippen LogP contribution in [0.5, 0.6) is 0 Å². The second-order valence-electron chi connectivity index (χ2n) is 17.6. The Morgan fingerprint density at radius 2 is 1.71 bits per heavy atom. The molecule has 1 saturated heterocycles. The number of hydrogen-bond acceptors (Lipinski definition) is 17. The minimum Gasteiger partial charge on any atom is -0.492 e. The molecule has 16 atom stereocenters. The SMILES string of the molecule is CC[C@H]1OC(=O)C[C@@H](O)[C@H](C)[C@@H](O[C@@H]2O[C@H](C)[C@@H](O)C(N(C)C)C2O)[C@@H](CCN2C=CC(CCCCl)N=N2)C[C@@H](C)C(=O)/C=C/C(C)=C/[C@@H]1COC1=C(OC)[C@@H](OC)[C@H](O)C(C)O1. The average molecular weight is 914 g/mol. The summed E-state index contributed by atoms with van der Waals surface area (Å²) in [5, 5.41) is 55.7. The van der Waals surface area contributed by atoms with E-state index in [0.29, 0.717) is 37.3 Å². The summed E-state index contributed by atoms with van der Waals surface area (Å²) in [4.78, 5) is 29.5. The van der Waals surface area contributed by atoms with Crippen LogP contribution in [0, 0.1) is 23.7 Å². The average Bonchev–Trinajstić information content (AvgIpc) is 3.25. The van der Waals surface area contributed by atoms with Crippen molar-refractivity contribution < 1.29 is 63.2 Å². The van der Waals surface area contributed by atoms with Crippen molar-refractivity contribution in [3.8, 4) is 0 Å². The minimum absolute atomic E-state index is 0.0321. The minimum atomic E-state index is -1.29. The molecule has 0 radical (unpaired) electrons. The van der Waals surface area contributed by atoms with Gasteiger partial charge in [0, 0.05) is 43.5 Å². The van der Waals surface area contributed by atoms with E-state index in [4.69, 9.17) is 44.8 Å². The lowest BCUT2D eigenvalue weighted by Gasteiger charge is -2.46. The van der Waals surface area contributed by atoms with Crippen molar-refractivity contribution in [2.45, 2.75) is 153 Å². The predicted octanol–water partition coefficient (Wildman–Crippen LogP) is 4.42. The molecule has 0 saturated carbocycles. The number of ether oxygens (including phenoxy) is 7. The van der Waals surface area contributed by atoms with E-state index in [-0.39, 0.29) is 30.1 Å². The highest BCUT2D eigenvalue weighted by Gasteiger charge is 2.47. The van der Waals surface area contributed by atoms with Crippen LogP contribution in [-0.4, -0.2) is 163 Å². The van der Waals surface area contributed by atoms with Crippen LogP contribution >= 0.6 is 11.6 Å². The standard InChI is InChI=1S/C45H73ClN4O13/c1-11-35-31(24-59-45-43(58-10)42(57-9)39(55)29(6)61-45)21-25(2)14-15-33(51)26(3)22-30(16-19-50-20-17-32(47-48-50)13-12-18-46)41(27(4)34(52)23-36(53)62-35)63-44-40(56)37(49(7)8)38(54)28(5)60-44/h14-15,17,20-21,26-32,34-35,37-42,44,52,54-56H,11-13,16,18-19,22-24H2,1-10H3/b15-14+,25-21+/t26-,27+,28-,29?,30+,31-,32?,34-,35-,37?,38-,39-,40?,41-,42+,44+/m1/s1. The number of carbonyl (C=O) groups is 2. The maximum absolute atomic E-state index is 14.0. The molecule has 4 N–H and O–H groups in total. The third-order valence-corrected chi connectivity index (χ3v) is 12.8. The molecule has 4 heterocycles. The number of cyclic esters (lactones) is 1. The first kappa shape index (κ1) is 52.5. The third kappa shape index (κ3) is 14.2. The number of carbonyl (C=O) groups excluding carboxylic acids is 2. The van der Waals surface area contributed by atoms with Gasteiger partial charge in [-0.25, -0.2) is 0 Å². The Morgan fingerprint density at radius 1 is 0.984 bits per heavy atom. The van der Waals surface area contributed by atoms with E-state index >= 15 is 0 Å². The molecule has 0 bridgehead atoms. The summed E-state index contributed by atoms with van der Waals surface area (Å²) in [6, 6.07) is -0.806. The molecule has 0 spiro atoms. The summed E-state index contributed by atoms with van der Waals surface area (Å²) in [7, 11) is 6.36. The van der Waals surface area contributed by atoms with Crippen LogP contribution in [0.4, 0.5) is 0 Å². The highest BCUT2D eigenvalue weighted by molar-refractivity contribution is 6.17. The first-order valence-corrected chi connectivity index (χ1v) is 22.8. The lowest BCUT2D eigenvalue weighted by Crippen LogP contribution is -2.63. The highest BCUT2D eigenvalue weighted by Crippen LogP contribution is 2.36. The number of aliphatic hydroxyl groups is 4. The van der Waals surface area contributed by atoms with Crippen LogP contribution < -0.4 is 0 Å². The number of ketones is 1. The Balaban J connectivity index is 1.70. The summed E-state index contributed by atoms with van der Waals surface area (Å²) in [6.45, 7) is 11.0. The summed E-state index contributed by atoms with van der Waals surface area (Å²) in [6.07, 6.45) is 1.63. The van der Waals surface area contributed by atoms with Gasteiger partial charge in [-0.1, -0.05) is 43.7 Å². The van der Waals surface area contributed by atoms with Crippen LogP contribution in [0.1, 0.15) is 80.1 Å². The van der Waals surface area contributed by atoms with Gasteiger partial charge in [-0.05, 0) is 85.0 Å². The number of methoxy groups -OCH3 is 2. The number of allylic oxidation sites excluding steroid dienone is 3. The molecule has 18 heteroatoms. The van der Waals surface area contributed by atoms with Gasteiger partial charge in [-0.3, -0.25) is 14.6 Å². The number of esters is 1. The molecule has 0 aromatic carbocycles. The number of rotatable bonds is 15. The van der Waals surface area contributed by atoms with Gasteiger partial charge in [0.1, 0.15) is 31.0 Å². The zero-order valence-corrected chi connectivity index (χ0v) is 39.4. The second kappa shape index (κ2) is 25.0. The Labute approximate surface area is 378 Å². The predicted molar refractivity (Wildman–Crippen MR) is 234 cm³/mol. The van der Waals surface area contributed by atoms with E-state index in [1.165, 1.54) is 20.3 Å². The molecule has 0 aromatic heterocycles. The van der Waals surface area contributed by atoms with Crippen molar-refractivity contribution in [3.05, 3.63) is 47.8 Å². The fourth-order valence-corrected chi connectivity index (χ4v) is 8.79. The van der Waals surface area contributed by atoms with E-state index in [1.54, 1.807) is 50.9 Å². The molecular formula is C45H73ClN4O13. The maximum Gasteiger partial charge on any atom is 0.322 e. The fraction of sp³-hybridized carbons (Fsp3) is 0.778. The van der Waals surface area contributed by atoms with Crippen LogP contribution in [0.2, 0.25) is 0 Å². The molecule has 4 aliphatic rings. The van der Waals surface area contributed by atoms with Gasteiger partial charge in [0.15, 0.2) is 18.2 Å². The first-order chi connectivity index (χ1) is 29.9. The molecule has 17 nitrogen and oxygen atoms in total. The van der Waals surface area contributed by atoms with Gasteiger partial charge in [0.2, 0.25) is 5.76 Å². The Bertz CT molecular complexity index is 1610. The molecule has 4 rings (SSSR count). The van der Waals surface area contributed by atoms with Crippen molar-refractivity contribution in [1.29, 1.82) is 0 Å². The van der Waals surface area contributed by atoms with Crippen molar-refractivity contribution >= 4 is 23.4 Å². The van der Waals surface area contributed by atoms with Gasteiger partial charge in [0.05, 0.1) is 50.0 Å². The lowest BCUT2D eigenvalue weighted by atomic mass is 9.79. The molecule has 4 unspecified atom stereocenters. The van der Waals surface area contributed by atoms with Crippen LogP contribution in [0.3, 0.4) is 0 Å². The van der Waals surface area contributed by atoms with Crippen molar-refractivity contribution in [3.63, 3.8) is 0 Å². The topological polar surface area (TPSA) is 211 Å². The second-order valence-corrected chi connectivity index (χ2v) is 17.9. The summed E-state index contributed by atoms with van der Waals surface area (Å²) >= 11 is 5.90. The van der Waals surface area contributed by atoms with E-state index in [0.717, 1.165) is 12.8 Å². The van der Waals surface area contributed by atoms with E-state index < -0.39 is 103 Å². The quantitative estimate of drug-likeness (QED) is 0.132. The van der Waals surface area contributed by atoms with Gasteiger partial charge in [-0.15, -0.1) is 11.6 Å². The Hall–Kier alpha value is -3.13. The molecular weight excluding hydrogens is 840 g/mol. The molecule has 4 aliphatic heterocycles. The van der Waals surface area contributed by atoms with Gasteiger partial charge in [-0.2, -0.15) is 5.11 Å². The molecule has 63 heavy (non-hydrogen) atoms. The van der Waals surface area contributed by atoms with Crippen LogP contribution in [-0.2, 0) is 42.7 Å². The smallest absolute Gasteiger partial charge is 0.322 e. The van der Waals surface area contributed by atoms with Crippen molar-refractivity contribution in [2.75, 3.05) is 47.3 Å². The van der Waals surface area contributed by atoms with Gasteiger partial charge >= 0.3 is 11.9 Å². The molecule has 1 fully saturated rings. The summed E-state index contributed by atoms with van der Waals surface area (Å²) in [5.74, 6) is -2.31. The lowest BCUT2D eigenvalue weighted by molar-refractivity contribution is -0.304. The zero-order valence-electron chi connectivity index (χ0n) is 38.6. The number of hydrogen-bond donors (Lipinski definition) is 4. The van der Waals surface area contributed by atoms with Crippen molar-refractivity contribution in [1.82, 2.24) is 9.91 Å². The van der Waals surface area contributed by atoms with Gasteiger partial charge in [0.25, 0.3) is 0 Å². The summed E-state index contributed by atoms with van der Waals surface area (Å²) < 4.78 is 42.0. The number of aliphatic hydroxyl groups excluding tert-OH is 4. The number of likely N-dealkylation sites (N-methyl/N-ethyl adjacent to an activating group) is 1. The number of nitrogens with zero attached hydrogens (tertiary/aromatic N) is 4. The van der Waals surface area contributed by atoms with Gasteiger partial charge < -0.3 is 58.5 Å². The molecule has 358 valence electrons. The van der Waals surface area contributed by atoms with Crippen molar-refractivity contribution in [2.24, 2.45) is 34.0 Å². The fourth-order valence-electron chi connectivity index (χ4n) is 8.64. The largest absolute Gasteiger partial charge is 0.492 e. The van der Waals surface area contributed by atoms with E-state index in [1.807, 2.05) is 39.1 Å².